The summed E-state index contributed by atoms with van der Waals surface area (Å²) >= 11 is 1.73. The number of likely N-dealkylation sites (N-methyl/N-ethyl adjacent to an activating group) is 1. The molecule has 0 fully saturated rings. The minimum absolute atomic E-state index is 0.0983. The van der Waals surface area contributed by atoms with E-state index < -0.39 is 0 Å². The average molecular weight is 254 g/mol. The number of carbonyl (C=O) groups is 1. The first-order chi connectivity index (χ1) is 8.06. The fourth-order valence-corrected chi connectivity index (χ4v) is 2.50. The maximum atomic E-state index is 11.7. The van der Waals surface area contributed by atoms with Gasteiger partial charge in [0, 0.05) is 17.3 Å². The number of nitrogens with zero attached hydrogens (tertiary/aromatic N) is 1. The lowest BCUT2D eigenvalue weighted by molar-refractivity contribution is -0.124. The van der Waals surface area contributed by atoms with Crippen molar-refractivity contribution in [1.29, 1.82) is 0 Å². The van der Waals surface area contributed by atoms with Crippen LogP contribution in [-0.4, -0.2) is 31.4 Å². The number of amides is 1. The zero-order chi connectivity index (χ0) is 12.8. The summed E-state index contributed by atoms with van der Waals surface area (Å²) in [5, 5.41) is 5.10. The van der Waals surface area contributed by atoms with Crippen molar-refractivity contribution in [1.82, 2.24) is 10.2 Å². The Labute approximate surface area is 108 Å². The van der Waals surface area contributed by atoms with Gasteiger partial charge < -0.3 is 10.2 Å². The number of rotatable bonds is 6. The lowest BCUT2D eigenvalue weighted by Gasteiger charge is -2.24. The van der Waals surface area contributed by atoms with E-state index in [0.717, 1.165) is 6.42 Å². The highest BCUT2D eigenvalue weighted by atomic mass is 32.1. The topological polar surface area (TPSA) is 32.3 Å². The van der Waals surface area contributed by atoms with Crippen LogP contribution < -0.4 is 5.32 Å². The molecule has 0 saturated carbocycles. The van der Waals surface area contributed by atoms with E-state index in [1.165, 1.54) is 4.88 Å². The van der Waals surface area contributed by atoms with E-state index in [9.17, 15) is 4.79 Å². The standard InChI is InChI=1S/C13H22N2OS/c1-5-10(2)13(16)14-9-11(15(3)4)12-7-6-8-17-12/h6-8,10-11H,5,9H2,1-4H3,(H,14,16). The third-order valence-electron chi connectivity index (χ3n) is 3.02. The Balaban J connectivity index is 2.55. The van der Waals surface area contributed by atoms with Gasteiger partial charge in [-0.1, -0.05) is 19.9 Å². The molecule has 0 aliphatic heterocycles. The highest BCUT2D eigenvalue weighted by Crippen LogP contribution is 2.22. The van der Waals surface area contributed by atoms with Gasteiger partial charge in [-0.2, -0.15) is 0 Å². The molecule has 0 aliphatic rings. The van der Waals surface area contributed by atoms with Crippen LogP contribution in [0, 0.1) is 5.92 Å². The second kappa shape index (κ2) is 6.77. The van der Waals surface area contributed by atoms with E-state index >= 15 is 0 Å². The van der Waals surface area contributed by atoms with Gasteiger partial charge in [-0.05, 0) is 32.0 Å². The molecule has 96 valence electrons. The summed E-state index contributed by atoms with van der Waals surface area (Å²) in [4.78, 5) is 15.2. The summed E-state index contributed by atoms with van der Waals surface area (Å²) in [5.74, 6) is 0.247. The minimum atomic E-state index is 0.0983. The van der Waals surface area contributed by atoms with Gasteiger partial charge in [0.05, 0.1) is 6.04 Å². The number of carbonyl (C=O) groups excluding carboxylic acids is 1. The molecule has 0 bridgehead atoms. The van der Waals surface area contributed by atoms with Crippen LogP contribution in [-0.2, 0) is 4.79 Å². The Kier molecular flexibility index (Phi) is 5.65. The Hall–Kier alpha value is -0.870. The highest BCUT2D eigenvalue weighted by Gasteiger charge is 2.17. The van der Waals surface area contributed by atoms with Gasteiger partial charge in [0.25, 0.3) is 0 Å². The van der Waals surface area contributed by atoms with Gasteiger partial charge in [-0.15, -0.1) is 11.3 Å². The molecule has 2 unspecified atom stereocenters. The quantitative estimate of drug-likeness (QED) is 0.846. The van der Waals surface area contributed by atoms with Crippen LogP contribution in [0.15, 0.2) is 17.5 Å². The van der Waals surface area contributed by atoms with E-state index in [1.807, 2.05) is 34.0 Å². The van der Waals surface area contributed by atoms with Crippen molar-refractivity contribution in [2.45, 2.75) is 26.3 Å². The Morgan fingerprint density at radius 1 is 1.53 bits per heavy atom. The normalized spacial score (nSPS) is 14.6. The molecule has 1 aromatic heterocycles. The number of hydrogen-bond acceptors (Lipinski definition) is 3. The first-order valence-corrected chi connectivity index (χ1v) is 6.91. The average Bonchev–Trinajstić information content (AvgIpc) is 2.81. The smallest absolute Gasteiger partial charge is 0.222 e. The number of nitrogens with one attached hydrogen (secondary N) is 1. The van der Waals surface area contributed by atoms with Gasteiger partial charge >= 0.3 is 0 Å². The maximum Gasteiger partial charge on any atom is 0.222 e. The number of hydrogen-bond donors (Lipinski definition) is 1. The molecule has 1 aromatic rings. The van der Waals surface area contributed by atoms with E-state index in [2.05, 4.69) is 21.7 Å². The zero-order valence-corrected chi connectivity index (χ0v) is 11.9. The fourth-order valence-electron chi connectivity index (χ4n) is 1.58. The lowest BCUT2D eigenvalue weighted by Crippen LogP contribution is -2.36. The minimum Gasteiger partial charge on any atom is -0.354 e. The van der Waals surface area contributed by atoms with Crippen LogP contribution in [0.2, 0.25) is 0 Å². The molecule has 1 heterocycles. The first-order valence-electron chi connectivity index (χ1n) is 6.03. The van der Waals surface area contributed by atoms with Crippen molar-refractivity contribution in [3.05, 3.63) is 22.4 Å². The van der Waals surface area contributed by atoms with Crippen LogP contribution >= 0.6 is 11.3 Å². The fraction of sp³-hybridized carbons (Fsp3) is 0.615. The molecule has 0 saturated heterocycles. The summed E-state index contributed by atoms with van der Waals surface area (Å²) in [5.41, 5.74) is 0. The summed E-state index contributed by atoms with van der Waals surface area (Å²) in [6.07, 6.45) is 0.886. The van der Waals surface area contributed by atoms with Crippen molar-refractivity contribution >= 4 is 17.2 Å². The molecule has 17 heavy (non-hydrogen) atoms. The van der Waals surface area contributed by atoms with E-state index in [4.69, 9.17) is 0 Å². The molecule has 4 heteroatoms. The largest absolute Gasteiger partial charge is 0.354 e. The molecule has 1 amide bonds. The van der Waals surface area contributed by atoms with Crippen molar-refractivity contribution in [3.8, 4) is 0 Å². The molecule has 0 radical (unpaired) electrons. The molecular formula is C13H22N2OS. The lowest BCUT2D eigenvalue weighted by atomic mass is 10.1. The third-order valence-corrected chi connectivity index (χ3v) is 4.00. The van der Waals surface area contributed by atoms with Gasteiger partial charge in [0.2, 0.25) is 5.91 Å². The van der Waals surface area contributed by atoms with Crippen molar-refractivity contribution < 1.29 is 4.79 Å². The van der Waals surface area contributed by atoms with Crippen molar-refractivity contribution in [2.24, 2.45) is 5.92 Å². The van der Waals surface area contributed by atoms with E-state index in [-0.39, 0.29) is 17.9 Å². The second-order valence-corrected chi connectivity index (χ2v) is 5.53. The molecule has 3 nitrogen and oxygen atoms in total. The summed E-state index contributed by atoms with van der Waals surface area (Å²) in [6, 6.07) is 4.43. The molecule has 0 spiro atoms. The molecule has 0 aliphatic carbocycles. The van der Waals surface area contributed by atoms with E-state index in [0.29, 0.717) is 6.54 Å². The maximum absolute atomic E-state index is 11.7. The zero-order valence-electron chi connectivity index (χ0n) is 11.1. The van der Waals surface area contributed by atoms with Crippen molar-refractivity contribution in [3.63, 3.8) is 0 Å². The van der Waals surface area contributed by atoms with Crippen LogP contribution in [0.5, 0.6) is 0 Å². The van der Waals surface area contributed by atoms with Crippen LogP contribution in [0.25, 0.3) is 0 Å². The Morgan fingerprint density at radius 3 is 2.71 bits per heavy atom. The van der Waals surface area contributed by atoms with Crippen LogP contribution in [0.1, 0.15) is 31.2 Å². The summed E-state index contributed by atoms with van der Waals surface area (Å²) in [7, 11) is 4.08. The van der Waals surface area contributed by atoms with Crippen molar-refractivity contribution in [2.75, 3.05) is 20.6 Å². The predicted molar refractivity (Wildman–Crippen MR) is 73.2 cm³/mol. The molecule has 1 N–H and O–H groups in total. The predicted octanol–water partition coefficient (Wildman–Crippen LogP) is 2.51. The van der Waals surface area contributed by atoms with Gasteiger partial charge in [-0.3, -0.25) is 4.79 Å². The van der Waals surface area contributed by atoms with Crippen LogP contribution in [0.3, 0.4) is 0 Å². The summed E-state index contributed by atoms with van der Waals surface area (Å²) in [6.45, 7) is 4.68. The van der Waals surface area contributed by atoms with Gasteiger partial charge in [0.1, 0.15) is 0 Å². The second-order valence-electron chi connectivity index (χ2n) is 4.55. The third kappa shape index (κ3) is 4.13. The molecule has 0 aromatic carbocycles. The highest BCUT2D eigenvalue weighted by molar-refractivity contribution is 7.10. The Morgan fingerprint density at radius 2 is 2.24 bits per heavy atom. The monoisotopic (exact) mass is 254 g/mol. The van der Waals surface area contributed by atoms with E-state index in [1.54, 1.807) is 11.3 Å². The van der Waals surface area contributed by atoms with Gasteiger partial charge in [-0.25, -0.2) is 0 Å². The summed E-state index contributed by atoms with van der Waals surface area (Å²) < 4.78 is 0. The first kappa shape index (κ1) is 14.2. The molecule has 2 atom stereocenters. The number of thiophene rings is 1. The Bertz CT molecular complexity index is 335. The molecular weight excluding hydrogens is 232 g/mol. The van der Waals surface area contributed by atoms with Crippen LogP contribution in [0.4, 0.5) is 0 Å². The SMILES string of the molecule is CCC(C)C(=O)NCC(c1cccs1)N(C)C. The van der Waals surface area contributed by atoms with Gasteiger partial charge in [0.15, 0.2) is 0 Å². The molecule has 1 rings (SSSR count).